The van der Waals surface area contributed by atoms with Crippen LogP contribution in [0.1, 0.15) is 13.3 Å². The number of fused-ring (bicyclic) bond motifs is 1. The van der Waals surface area contributed by atoms with Crippen molar-refractivity contribution >= 4 is 0 Å². The summed E-state index contributed by atoms with van der Waals surface area (Å²) in [5, 5.41) is 9.75. The molecule has 2 saturated carbocycles. The molecule has 2 nitrogen and oxygen atoms in total. The summed E-state index contributed by atoms with van der Waals surface area (Å²) in [5.74, 6) is 2.73. The van der Waals surface area contributed by atoms with Crippen LogP contribution in [0.25, 0.3) is 0 Å². The number of hydrogen-bond acceptors (Lipinski definition) is 2. The molecule has 2 aliphatic carbocycles. The van der Waals surface area contributed by atoms with Crippen LogP contribution in [-0.2, 0) is 4.74 Å². The van der Waals surface area contributed by atoms with Gasteiger partial charge in [0, 0.05) is 0 Å². The summed E-state index contributed by atoms with van der Waals surface area (Å²) in [6.45, 7) is 3.17. The molecular weight excluding hydrogens is 140 g/mol. The molecule has 0 amide bonds. The van der Waals surface area contributed by atoms with Gasteiger partial charge in [0.1, 0.15) is 0 Å². The molecule has 3 rings (SSSR count). The third-order valence-corrected chi connectivity index (χ3v) is 4.12. The van der Waals surface area contributed by atoms with Crippen LogP contribution in [0.3, 0.4) is 0 Å². The second kappa shape index (κ2) is 1.80. The van der Waals surface area contributed by atoms with Crippen molar-refractivity contribution in [2.24, 2.45) is 23.7 Å². The van der Waals surface area contributed by atoms with Crippen LogP contribution in [0.15, 0.2) is 0 Å². The third kappa shape index (κ3) is 0.574. The van der Waals surface area contributed by atoms with Gasteiger partial charge in [-0.2, -0.15) is 0 Å². The molecule has 62 valence electrons. The minimum absolute atomic E-state index is 0.145. The van der Waals surface area contributed by atoms with Gasteiger partial charge in [-0.15, -0.1) is 0 Å². The van der Waals surface area contributed by atoms with Gasteiger partial charge in [-0.05, 0) is 30.1 Å². The minimum Gasteiger partial charge on any atom is -0.390 e. The van der Waals surface area contributed by atoms with E-state index < -0.39 is 0 Å². The zero-order valence-electron chi connectivity index (χ0n) is 6.73. The number of hydrogen-bond donors (Lipinski definition) is 1. The first-order chi connectivity index (χ1) is 5.29. The van der Waals surface area contributed by atoms with E-state index in [1.54, 1.807) is 0 Å². The molecule has 0 radical (unpaired) electrons. The second-order valence-corrected chi connectivity index (χ2v) is 4.37. The molecule has 11 heavy (non-hydrogen) atoms. The maximum atomic E-state index is 9.75. The second-order valence-electron chi connectivity index (χ2n) is 4.37. The fourth-order valence-electron chi connectivity index (χ4n) is 3.46. The highest BCUT2D eigenvalue weighted by Gasteiger charge is 2.60. The van der Waals surface area contributed by atoms with Crippen LogP contribution in [-0.4, -0.2) is 23.9 Å². The SMILES string of the molecule is C[C@@H]1[C@@H]2C[C@H]3[C@H]1CO[C@@H]3[C@H]2O. The van der Waals surface area contributed by atoms with Gasteiger partial charge >= 0.3 is 0 Å². The number of aliphatic hydroxyl groups is 1. The van der Waals surface area contributed by atoms with Crippen molar-refractivity contribution in [2.75, 3.05) is 6.61 Å². The summed E-state index contributed by atoms with van der Waals surface area (Å²) in [6, 6.07) is 0. The van der Waals surface area contributed by atoms with Crippen molar-refractivity contribution in [3.05, 3.63) is 0 Å². The molecule has 0 spiro atoms. The Bertz CT molecular complexity index is 174. The molecule has 3 aliphatic rings. The quantitative estimate of drug-likeness (QED) is 0.555. The van der Waals surface area contributed by atoms with Crippen LogP contribution in [0, 0.1) is 23.7 Å². The number of aliphatic hydroxyl groups excluding tert-OH is 1. The van der Waals surface area contributed by atoms with E-state index in [1.165, 1.54) is 6.42 Å². The van der Waals surface area contributed by atoms with Crippen LogP contribution in [0.4, 0.5) is 0 Å². The Morgan fingerprint density at radius 1 is 1.27 bits per heavy atom. The van der Waals surface area contributed by atoms with Crippen molar-refractivity contribution < 1.29 is 9.84 Å². The fourth-order valence-corrected chi connectivity index (χ4v) is 3.46. The maximum Gasteiger partial charge on any atom is 0.0868 e. The average Bonchev–Trinajstić information content (AvgIpc) is 2.53. The number of ether oxygens (including phenoxy) is 1. The van der Waals surface area contributed by atoms with Gasteiger partial charge in [0.25, 0.3) is 0 Å². The van der Waals surface area contributed by atoms with E-state index in [-0.39, 0.29) is 12.2 Å². The van der Waals surface area contributed by atoms with E-state index in [4.69, 9.17) is 4.74 Å². The van der Waals surface area contributed by atoms with Gasteiger partial charge in [-0.25, -0.2) is 0 Å². The Balaban J connectivity index is 2.01. The molecule has 1 saturated heterocycles. The van der Waals surface area contributed by atoms with Gasteiger partial charge in [0.05, 0.1) is 18.8 Å². The molecule has 0 aromatic carbocycles. The van der Waals surface area contributed by atoms with Crippen molar-refractivity contribution in [3.63, 3.8) is 0 Å². The van der Waals surface area contributed by atoms with Gasteiger partial charge in [0.15, 0.2) is 0 Å². The predicted octanol–water partition coefficient (Wildman–Crippen LogP) is 0.648. The maximum absolute atomic E-state index is 9.75. The molecule has 2 heteroatoms. The lowest BCUT2D eigenvalue weighted by Gasteiger charge is -2.27. The molecule has 0 aromatic rings. The molecule has 1 N–H and O–H groups in total. The van der Waals surface area contributed by atoms with Crippen LogP contribution >= 0.6 is 0 Å². The Hall–Kier alpha value is -0.0800. The van der Waals surface area contributed by atoms with E-state index >= 15 is 0 Å². The Morgan fingerprint density at radius 3 is 2.82 bits per heavy atom. The van der Waals surface area contributed by atoms with Gasteiger partial charge in [-0.1, -0.05) is 6.92 Å². The molecule has 1 heterocycles. The van der Waals surface area contributed by atoms with Crippen LogP contribution < -0.4 is 0 Å². The van der Waals surface area contributed by atoms with Crippen molar-refractivity contribution in [3.8, 4) is 0 Å². The molecule has 6 atom stereocenters. The van der Waals surface area contributed by atoms with Crippen LogP contribution in [0.5, 0.6) is 0 Å². The molecular formula is C9H14O2. The molecule has 1 aliphatic heterocycles. The predicted molar refractivity (Wildman–Crippen MR) is 40.0 cm³/mol. The first-order valence-electron chi connectivity index (χ1n) is 4.58. The molecule has 0 aromatic heterocycles. The smallest absolute Gasteiger partial charge is 0.0868 e. The van der Waals surface area contributed by atoms with E-state index in [2.05, 4.69) is 6.92 Å². The average molecular weight is 154 g/mol. The van der Waals surface area contributed by atoms with E-state index in [9.17, 15) is 5.11 Å². The highest BCUT2D eigenvalue weighted by atomic mass is 16.5. The summed E-state index contributed by atoms with van der Waals surface area (Å²) in [5.41, 5.74) is 0. The third-order valence-electron chi connectivity index (χ3n) is 4.12. The highest BCUT2D eigenvalue weighted by molar-refractivity contribution is 5.08. The van der Waals surface area contributed by atoms with Crippen molar-refractivity contribution in [1.29, 1.82) is 0 Å². The molecule has 2 bridgehead atoms. The monoisotopic (exact) mass is 154 g/mol. The first-order valence-corrected chi connectivity index (χ1v) is 4.58. The number of rotatable bonds is 0. The van der Waals surface area contributed by atoms with E-state index in [0.717, 1.165) is 12.5 Å². The topological polar surface area (TPSA) is 29.5 Å². The molecule has 0 unspecified atom stereocenters. The first kappa shape index (κ1) is 6.44. The standard InChI is InChI=1S/C9H14O2/c1-4-5-2-6-7(4)3-11-9(6)8(5)10/h4-10H,2-3H2,1H3/t4-,5+,6+,7+,8+,9+/m1/s1. The zero-order valence-corrected chi connectivity index (χ0v) is 6.73. The Labute approximate surface area is 66.5 Å². The van der Waals surface area contributed by atoms with Gasteiger partial charge in [0.2, 0.25) is 0 Å². The largest absolute Gasteiger partial charge is 0.390 e. The summed E-state index contributed by atoms with van der Waals surface area (Å²) < 4.78 is 5.56. The summed E-state index contributed by atoms with van der Waals surface area (Å²) in [4.78, 5) is 0. The summed E-state index contributed by atoms with van der Waals surface area (Å²) in [6.07, 6.45) is 1.28. The normalized spacial score (nSPS) is 66.0. The fraction of sp³-hybridized carbons (Fsp3) is 1.00. The Kier molecular flexibility index (Phi) is 1.06. The van der Waals surface area contributed by atoms with Gasteiger partial charge < -0.3 is 9.84 Å². The lowest BCUT2D eigenvalue weighted by Crippen LogP contribution is -2.35. The highest BCUT2D eigenvalue weighted by Crippen LogP contribution is 2.56. The van der Waals surface area contributed by atoms with Crippen LogP contribution in [0.2, 0.25) is 0 Å². The summed E-state index contributed by atoms with van der Waals surface area (Å²) in [7, 11) is 0. The van der Waals surface area contributed by atoms with Crippen molar-refractivity contribution in [1.82, 2.24) is 0 Å². The van der Waals surface area contributed by atoms with Crippen molar-refractivity contribution in [2.45, 2.75) is 25.6 Å². The van der Waals surface area contributed by atoms with E-state index in [0.29, 0.717) is 17.8 Å². The Morgan fingerprint density at radius 2 is 2.09 bits per heavy atom. The summed E-state index contributed by atoms with van der Waals surface area (Å²) >= 11 is 0. The van der Waals surface area contributed by atoms with E-state index in [1.807, 2.05) is 0 Å². The zero-order chi connectivity index (χ0) is 7.59. The molecule has 3 fully saturated rings. The lowest BCUT2D eigenvalue weighted by molar-refractivity contribution is -0.0155. The minimum atomic E-state index is -0.145. The lowest BCUT2D eigenvalue weighted by atomic mass is 9.80. The van der Waals surface area contributed by atoms with Gasteiger partial charge in [-0.3, -0.25) is 0 Å².